The number of hydrogen-bond acceptors (Lipinski definition) is 6. The summed E-state index contributed by atoms with van der Waals surface area (Å²) in [4.78, 5) is 55.5. The van der Waals surface area contributed by atoms with Crippen molar-refractivity contribution < 1.29 is 18.0 Å². The van der Waals surface area contributed by atoms with E-state index in [1.807, 2.05) is 18.2 Å². The SMILES string of the molecule is O=C1c2ccccc2C(=O)N1C[C@H]1c2ccccc2CCN1S(=O)(=O)c1ccc2[nH]c(=O)c(=O)[nH]c2c1. The quantitative estimate of drug-likeness (QED) is 0.313. The number of carbonyl (C=O) groups excluding carboxylic acids is 2. The molecule has 3 heterocycles. The van der Waals surface area contributed by atoms with Crippen LogP contribution in [0.5, 0.6) is 0 Å². The van der Waals surface area contributed by atoms with Crippen molar-refractivity contribution in [3.63, 3.8) is 0 Å². The van der Waals surface area contributed by atoms with Gasteiger partial charge in [-0.25, -0.2) is 8.42 Å². The number of imide groups is 1. The summed E-state index contributed by atoms with van der Waals surface area (Å²) in [7, 11) is -4.14. The van der Waals surface area contributed by atoms with E-state index in [1.54, 1.807) is 30.3 Å². The number of amides is 2. The molecule has 0 saturated heterocycles. The molecule has 10 nitrogen and oxygen atoms in total. The summed E-state index contributed by atoms with van der Waals surface area (Å²) in [5.74, 6) is -0.929. The van der Waals surface area contributed by atoms with Gasteiger partial charge in [0.2, 0.25) is 10.0 Å². The molecule has 0 unspecified atom stereocenters. The van der Waals surface area contributed by atoms with Crippen LogP contribution in [0.1, 0.15) is 37.9 Å². The molecular weight excluding hydrogens is 496 g/mol. The van der Waals surface area contributed by atoms with Crippen LogP contribution in [0.25, 0.3) is 11.0 Å². The number of hydrogen-bond donors (Lipinski definition) is 2. The molecule has 2 aliphatic heterocycles. The summed E-state index contributed by atoms with van der Waals surface area (Å²) in [5.41, 5.74) is 0.963. The molecule has 0 spiro atoms. The maximum atomic E-state index is 13.9. The van der Waals surface area contributed by atoms with Gasteiger partial charge < -0.3 is 9.97 Å². The number of fused-ring (bicyclic) bond motifs is 3. The molecule has 2 aliphatic rings. The fourth-order valence-electron chi connectivity index (χ4n) is 5.07. The van der Waals surface area contributed by atoms with Gasteiger partial charge in [0.15, 0.2) is 0 Å². The van der Waals surface area contributed by atoms with E-state index in [4.69, 9.17) is 0 Å². The smallest absolute Gasteiger partial charge is 0.314 e. The van der Waals surface area contributed by atoms with Crippen molar-refractivity contribution in [1.82, 2.24) is 19.2 Å². The molecule has 0 bridgehead atoms. The summed E-state index contributed by atoms with van der Waals surface area (Å²) in [6.45, 7) is -0.0202. The molecule has 0 aliphatic carbocycles. The fraction of sp³-hybridized carbons (Fsp3) is 0.154. The van der Waals surface area contributed by atoms with Gasteiger partial charge in [0.1, 0.15) is 0 Å². The molecular formula is C26H20N4O6S. The highest BCUT2D eigenvalue weighted by atomic mass is 32.2. The van der Waals surface area contributed by atoms with Gasteiger partial charge in [0, 0.05) is 6.54 Å². The molecule has 4 aromatic rings. The maximum absolute atomic E-state index is 13.9. The van der Waals surface area contributed by atoms with Crippen molar-refractivity contribution >= 4 is 32.9 Å². The highest BCUT2D eigenvalue weighted by molar-refractivity contribution is 7.89. The minimum Gasteiger partial charge on any atom is -0.316 e. The van der Waals surface area contributed by atoms with Crippen molar-refractivity contribution in [2.75, 3.05) is 13.1 Å². The van der Waals surface area contributed by atoms with Crippen LogP contribution in [0, 0.1) is 0 Å². The number of carbonyl (C=O) groups is 2. The van der Waals surface area contributed by atoms with Crippen molar-refractivity contribution in [3.05, 3.63) is 110 Å². The average Bonchev–Trinajstić information content (AvgIpc) is 3.14. The Kier molecular flexibility index (Phi) is 5.21. The van der Waals surface area contributed by atoms with E-state index < -0.39 is 39.0 Å². The first-order valence-electron chi connectivity index (χ1n) is 11.6. The first-order chi connectivity index (χ1) is 17.8. The van der Waals surface area contributed by atoms with Crippen molar-refractivity contribution in [3.8, 4) is 0 Å². The Morgan fingerprint density at radius 2 is 1.41 bits per heavy atom. The average molecular weight is 517 g/mol. The summed E-state index contributed by atoms with van der Waals surface area (Å²) in [6.07, 6.45) is 0.450. The van der Waals surface area contributed by atoms with E-state index in [-0.39, 0.29) is 29.0 Å². The zero-order chi connectivity index (χ0) is 25.9. The van der Waals surface area contributed by atoms with E-state index in [9.17, 15) is 27.6 Å². The minimum absolute atomic E-state index is 0.0885. The van der Waals surface area contributed by atoms with Crippen LogP contribution in [0.4, 0.5) is 0 Å². The van der Waals surface area contributed by atoms with Gasteiger partial charge >= 0.3 is 11.1 Å². The fourth-order valence-corrected chi connectivity index (χ4v) is 6.70. The minimum atomic E-state index is -4.14. The Labute approximate surface area is 210 Å². The molecule has 186 valence electrons. The maximum Gasteiger partial charge on any atom is 0.314 e. The molecule has 0 radical (unpaired) electrons. The molecule has 2 amide bonds. The van der Waals surface area contributed by atoms with E-state index >= 15 is 0 Å². The molecule has 1 atom stereocenters. The lowest BCUT2D eigenvalue weighted by atomic mass is 9.94. The third kappa shape index (κ3) is 3.62. The Morgan fingerprint density at radius 3 is 2.11 bits per heavy atom. The normalized spacial score (nSPS) is 17.7. The van der Waals surface area contributed by atoms with E-state index in [0.29, 0.717) is 23.1 Å². The van der Waals surface area contributed by atoms with E-state index in [0.717, 1.165) is 10.5 Å². The number of sulfonamides is 1. The van der Waals surface area contributed by atoms with Crippen LogP contribution in [0.3, 0.4) is 0 Å². The number of nitrogens with zero attached hydrogens (tertiary/aromatic N) is 2. The van der Waals surface area contributed by atoms with Crippen LogP contribution in [0.15, 0.2) is 81.2 Å². The van der Waals surface area contributed by atoms with Gasteiger partial charge in [-0.2, -0.15) is 4.31 Å². The second kappa shape index (κ2) is 8.36. The third-order valence-electron chi connectivity index (χ3n) is 6.90. The Bertz CT molecular complexity index is 1810. The van der Waals surface area contributed by atoms with Crippen molar-refractivity contribution in [1.29, 1.82) is 0 Å². The van der Waals surface area contributed by atoms with E-state index in [1.165, 1.54) is 22.5 Å². The first kappa shape index (κ1) is 23.1. The molecule has 0 fully saturated rings. The second-order valence-electron chi connectivity index (χ2n) is 8.96. The van der Waals surface area contributed by atoms with Gasteiger partial charge in [-0.1, -0.05) is 36.4 Å². The van der Waals surface area contributed by atoms with E-state index in [2.05, 4.69) is 9.97 Å². The van der Waals surface area contributed by atoms with Gasteiger partial charge in [0.05, 0.1) is 39.6 Å². The highest BCUT2D eigenvalue weighted by Crippen LogP contribution is 2.36. The number of aromatic nitrogens is 2. The molecule has 37 heavy (non-hydrogen) atoms. The first-order valence-corrected chi connectivity index (χ1v) is 13.0. The molecule has 0 saturated carbocycles. The predicted molar refractivity (Wildman–Crippen MR) is 134 cm³/mol. The van der Waals surface area contributed by atoms with Crippen LogP contribution < -0.4 is 11.1 Å². The molecule has 3 aromatic carbocycles. The van der Waals surface area contributed by atoms with Crippen LogP contribution in [-0.4, -0.2) is 52.5 Å². The Morgan fingerprint density at radius 1 is 0.784 bits per heavy atom. The Hall–Kier alpha value is -4.35. The number of benzene rings is 3. The number of aromatic amines is 2. The number of H-pyrrole nitrogens is 2. The largest absolute Gasteiger partial charge is 0.316 e. The zero-order valence-corrected chi connectivity index (χ0v) is 20.1. The highest BCUT2D eigenvalue weighted by Gasteiger charge is 2.42. The molecule has 1 aromatic heterocycles. The molecule has 11 heteroatoms. The summed E-state index contributed by atoms with van der Waals surface area (Å²) >= 11 is 0. The summed E-state index contributed by atoms with van der Waals surface area (Å²) in [5, 5.41) is 0. The number of rotatable bonds is 4. The summed E-state index contributed by atoms with van der Waals surface area (Å²) in [6, 6.07) is 17.1. The molecule has 6 rings (SSSR count). The van der Waals surface area contributed by atoms with Gasteiger partial charge in [-0.3, -0.25) is 24.1 Å². The van der Waals surface area contributed by atoms with Gasteiger partial charge in [0.25, 0.3) is 11.8 Å². The van der Waals surface area contributed by atoms with Crippen molar-refractivity contribution in [2.24, 2.45) is 0 Å². The van der Waals surface area contributed by atoms with Crippen LogP contribution in [-0.2, 0) is 16.4 Å². The van der Waals surface area contributed by atoms with Crippen molar-refractivity contribution in [2.45, 2.75) is 17.4 Å². The third-order valence-corrected chi connectivity index (χ3v) is 8.80. The standard InChI is InChI=1S/C26H20N4O6S/c31-23-24(32)28-21-13-16(9-10-20(21)27-23)37(35,36)30-12-11-15-5-1-2-6-17(15)22(30)14-29-25(33)18-7-3-4-8-19(18)26(29)34/h1-10,13,22H,11-12,14H2,(H,27,31)(H,28,32)/t22-/m0/s1. The lowest BCUT2D eigenvalue weighted by molar-refractivity contribution is 0.0616. The lowest BCUT2D eigenvalue weighted by Gasteiger charge is -2.37. The second-order valence-corrected chi connectivity index (χ2v) is 10.9. The topological polar surface area (TPSA) is 140 Å². The molecule has 2 N–H and O–H groups in total. The van der Waals surface area contributed by atoms with Crippen LogP contribution in [0.2, 0.25) is 0 Å². The van der Waals surface area contributed by atoms with Gasteiger partial charge in [-0.15, -0.1) is 0 Å². The number of nitrogens with one attached hydrogen (secondary N) is 2. The van der Waals surface area contributed by atoms with Gasteiger partial charge in [-0.05, 0) is 47.9 Å². The Balaban J connectivity index is 1.43. The predicted octanol–water partition coefficient (Wildman–Crippen LogP) is 1.80. The summed E-state index contributed by atoms with van der Waals surface area (Å²) < 4.78 is 29.2. The lowest BCUT2D eigenvalue weighted by Crippen LogP contribution is -2.46. The van der Waals surface area contributed by atoms with Crippen LogP contribution >= 0.6 is 0 Å². The zero-order valence-electron chi connectivity index (χ0n) is 19.3. The monoisotopic (exact) mass is 516 g/mol.